The van der Waals surface area contributed by atoms with E-state index in [2.05, 4.69) is 20.6 Å². The number of nitrogens with zero attached hydrogens (tertiary/aromatic N) is 4. The van der Waals surface area contributed by atoms with Gasteiger partial charge in [0.25, 0.3) is 0 Å². The molecule has 0 unspecified atom stereocenters. The van der Waals surface area contributed by atoms with Gasteiger partial charge in [0.05, 0.1) is 24.8 Å². The van der Waals surface area contributed by atoms with E-state index in [9.17, 15) is 4.79 Å². The third-order valence-corrected chi connectivity index (χ3v) is 5.39. The van der Waals surface area contributed by atoms with Gasteiger partial charge >= 0.3 is 6.03 Å². The van der Waals surface area contributed by atoms with Gasteiger partial charge in [-0.05, 0) is 50.2 Å². The molecule has 0 saturated carbocycles. The van der Waals surface area contributed by atoms with Crippen LogP contribution in [0, 0.1) is 0 Å². The smallest absolute Gasteiger partial charge is 0.318 e. The van der Waals surface area contributed by atoms with Crippen molar-refractivity contribution in [2.45, 2.75) is 64.1 Å². The molecule has 4 rings (SSSR count). The monoisotopic (exact) mass is 342 g/mol. The molecule has 1 fully saturated rings. The number of aromatic nitrogens is 4. The molecule has 0 bridgehead atoms. The third-order valence-electron chi connectivity index (χ3n) is 5.39. The molecule has 3 heterocycles. The summed E-state index contributed by atoms with van der Waals surface area (Å²) in [5, 5.41) is 15.0. The summed E-state index contributed by atoms with van der Waals surface area (Å²) in [4.78, 5) is 14.6. The molecule has 2 aromatic rings. The van der Waals surface area contributed by atoms with Crippen LogP contribution in [0.1, 0.15) is 49.1 Å². The van der Waals surface area contributed by atoms with Gasteiger partial charge in [-0.2, -0.15) is 10.2 Å². The molecular weight excluding hydrogens is 316 g/mol. The summed E-state index contributed by atoms with van der Waals surface area (Å²) >= 11 is 0. The third kappa shape index (κ3) is 3.55. The first-order valence-electron chi connectivity index (χ1n) is 9.38. The maximum atomic E-state index is 12.7. The van der Waals surface area contributed by atoms with Crippen molar-refractivity contribution in [2.75, 3.05) is 6.54 Å². The Morgan fingerprint density at radius 2 is 2.20 bits per heavy atom. The highest BCUT2D eigenvalue weighted by Gasteiger charge is 2.29. The van der Waals surface area contributed by atoms with Crippen LogP contribution in [0.4, 0.5) is 4.79 Å². The molecule has 0 radical (unpaired) electrons. The summed E-state index contributed by atoms with van der Waals surface area (Å²) in [6.45, 7) is 2.09. The normalized spacial score (nSPS) is 20.3. The molecule has 2 aromatic heterocycles. The summed E-state index contributed by atoms with van der Waals surface area (Å²) in [6, 6.07) is 2.15. The van der Waals surface area contributed by atoms with Crippen LogP contribution in [0.15, 0.2) is 18.5 Å². The lowest BCUT2D eigenvalue weighted by Gasteiger charge is -2.25. The number of urea groups is 1. The summed E-state index contributed by atoms with van der Waals surface area (Å²) in [5.41, 5.74) is 3.60. The van der Waals surface area contributed by atoms with E-state index in [1.165, 1.54) is 30.5 Å². The Morgan fingerprint density at radius 1 is 1.28 bits per heavy atom. The Hall–Kier alpha value is -2.31. The Morgan fingerprint density at radius 3 is 3.08 bits per heavy atom. The fraction of sp³-hybridized carbons (Fsp3) is 0.611. The van der Waals surface area contributed by atoms with Gasteiger partial charge in [-0.1, -0.05) is 6.42 Å². The fourth-order valence-electron chi connectivity index (χ4n) is 4.05. The van der Waals surface area contributed by atoms with Crippen molar-refractivity contribution in [1.29, 1.82) is 0 Å². The molecule has 1 atom stereocenters. The van der Waals surface area contributed by atoms with Crippen LogP contribution in [0.5, 0.6) is 0 Å². The molecule has 2 amide bonds. The van der Waals surface area contributed by atoms with Crippen molar-refractivity contribution in [1.82, 2.24) is 30.2 Å². The summed E-state index contributed by atoms with van der Waals surface area (Å²) in [6.07, 6.45) is 11.7. The van der Waals surface area contributed by atoms with Crippen molar-refractivity contribution < 1.29 is 4.79 Å². The van der Waals surface area contributed by atoms with Gasteiger partial charge in [-0.3, -0.25) is 9.78 Å². The van der Waals surface area contributed by atoms with Crippen molar-refractivity contribution in [3.8, 4) is 0 Å². The number of H-pyrrole nitrogens is 1. The van der Waals surface area contributed by atoms with Gasteiger partial charge in [0.15, 0.2) is 0 Å². The molecule has 1 saturated heterocycles. The molecular formula is C18H26N6O. The van der Waals surface area contributed by atoms with Gasteiger partial charge in [0.1, 0.15) is 0 Å². The molecule has 134 valence electrons. The Labute approximate surface area is 147 Å². The molecule has 0 aromatic carbocycles. The van der Waals surface area contributed by atoms with Crippen molar-refractivity contribution in [3.63, 3.8) is 0 Å². The van der Waals surface area contributed by atoms with Gasteiger partial charge in [-0.15, -0.1) is 0 Å². The van der Waals surface area contributed by atoms with Crippen LogP contribution in [-0.4, -0.2) is 43.5 Å². The standard InChI is InChI=1S/C18H26N6O/c25-18(24-11-4-6-14(24)13-23-10-5-9-20-23)19-12-17-15-7-2-1-3-8-16(15)21-22-17/h5,9-10,14H,1-4,6-8,11-13H2,(H,19,25)(H,21,22)/t14-/m0/s1. The molecule has 7 nitrogen and oxygen atoms in total. The van der Waals surface area contributed by atoms with E-state index in [0.717, 1.165) is 44.5 Å². The van der Waals surface area contributed by atoms with Crippen molar-refractivity contribution >= 4 is 6.03 Å². The molecule has 0 spiro atoms. The van der Waals surface area contributed by atoms with Crippen LogP contribution in [0.2, 0.25) is 0 Å². The second-order valence-electron chi connectivity index (χ2n) is 7.06. The minimum atomic E-state index is 0.0139. The van der Waals surface area contributed by atoms with Crippen LogP contribution in [0.25, 0.3) is 0 Å². The van der Waals surface area contributed by atoms with E-state index in [1.807, 2.05) is 21.8 Å². The average molecular weight is 342 g/mol. The number of likely N-dealkylation sites (tertiary alicyclic amines) is 1. The number of nitrogens with one attached hydrogen (secondary N) is 2. The van der Waals surface area contributed by atoms with E-state index >= 15 is 0 Å². The minimum Gasteiger partial charge on any atom is -0.332 e. The molecule has 7 heteroatoms. The number of carbonyl (C=O) groups is 1. The fourth-order valence-corrected chi connectivity index (χ4v) is 4.05. The zero-order valence-corrected chi connectivity index (χ0v) is 14.6. The maximum absolute atomic E-state index is 12.7. The highest BCUT2D eigenvalue weighted by molar-refractivity contribution is 5.74. The quantitative estimate of drug-likeness (QED) is 0.837. The van der Waals surface area contributed by atoms with Crippen molar-refractivity contribution in [2.24, 2.45) is 0 Å². The SMILES string of the molecule is O=C(NCc1n[nH]c2c1CCCCC2)N1CCC[C@H]1Cn1cccn1. The highest BCUT2D eigenvalue weighted by Crippen LogP contribution is 2.22. The van der Waals surface area contributed by atoms with E-state index in [0.29, 0.717) is 6.54 Å². The van der Waals surface area contributed by atoms with Crippen LogP contribution < -0.4 is 5.32 Å². The predicted octanol–water partition coefficient (Wildman–Crippen LogP) is 2.25. The van der Waals surface area contributed by atoms with Crippen LogP contribution >= 0.6 is 0 Å². The number of hydrogen-bond donors (Lipinski definition) is 2. The average Bonchev–Trinajstić information content (AvgIpc) is 3.33. The Kier molecular flexibility index (Phi) is 4.72. The largest absolute Gasteiger partial charge is 0.332 e. The molecule has 2 aliphatic rings. The summed E-state index contributed by atoms with van der Waals surface area (Å²) in [7, 11) is 0. The lowest BCUT2D eigenvalue weighted by Crippen LogP contribution is -2.44. The van der Waals surface area contributed by atoms with E-state index < -0.39 is 0 Å². The number of hydrogen-bond acceptors (Lipinski definition) is 3. The van der Waals surface area contributed by atoms with Gasteiger partial charge in [-0.25, -0.2) is 4.79 Å². The molecule has 2 N–H and O–H groups in total. The van der Waals surface area contributed by atoms with Gasteiger partial charge in [0, 0.05) is 24.6 Å². The van der Waals surface area contributed by atoms with Crippen molar-refractivity contribution in [3.05, 3.63) is 35.4 Å². The molecule has 25 heavy (non-hydrogen) atoms. The zero-order chi connectivity index (χ0) is 17.1. The predicted molar refractivity (Wildman–Crippen MR) is 94.0 cm³/mol. The van der Waals surface area contributed by atoms with Crippen LogP contribution in [0.3, 0.4) is 0 Å². The first-order valence-corrected chi connectivity index (χ1v) is 9.38. The van der Waals surface area contributed by atoms with E-state index in [1.54, 1.807) is 6.20 Å². The number of aromatic amines is 1. The maximum Gasteiger partial charge on any atom is 0.318 e. The number of amides is 2. The number of fused-ring (bicyclic) bond motifs is 1. The first-order chi connectivity index (χ1) is 12.3. The van der Waals surface area contributed by atoms with E-state index in [-0.39, 0.29) is 12.1 Å². The van der Waals surface area contributed by atoms with Gasteiger partial charge in [0.2, 0.25) is 0 Å². The van der Waals surface area contributed by atoms with E-state index in [4.69, 9.17) is 0 Å². The van der Waals surface area contributed by atoms with Crippen LogP contribution in [-0.2, 0) is 25.9 Å². The first kappa shape index (κ1) is 16.2. The topological polar surface area (TPSA) is 78.8 Å². The Bertz CT molecular complexity index is 707. The lowest BCUT2D eigenvalue weighted by atomic mass is 10.1. The highest BCUT2D eigenvalue weighted by atomic mass is 16.2. The molecule has 1 aliphatic heterocycles. The summed E-state index contributed by atoms with van der Waals surface area (Å²) < 4.78 is 1.91. The second kappa shape index (κ2) is 7.29. The lowest BCUT2D eigenvalue weighted by molar-refractivity contribution is 0.185. The zero-order valence-electron chi connectivity index (χ0n) is 14.6. The minimum absolute atomic E-state index is 0.0139. The molecule has 1 aliphatic carbocycles. The number of aryl methyl sites for hydroxylation is 1. The second-order valence-corrected chi connectivity index (χ2v) is 7.06. The number of rotatable bonds is 4. The number of carbonyl (C=O) groups excluding carboxylic acids is 1. The van der Waals surface area contributed by atoms with Gasteiger partial charge < -0.3 is 10.2 Å². The summed E-state index contributed by atoms with van der Waals surface area (Å²) in [5.74, 6) is 0. The Balaban J connectivity index is 1.36.